The van der Waals surface area contributed by atoms with Crippen LogP contribution in [0.15, 0.2) is 24.3 Å². The molecule has 3 unspecified atom stereocenters. The van der Waals surface area contributed by atoms with E-state index in [9.17, 15) is 14.4 Å². The number of likely N-dealkylation sites (N-methyl/N-ethyl adjacent to an activating group) is 1. The minimum atomic E-state index is -0.604. The maximum Gasteiger partial charge on any atom is 0.246 e. The number of benzene rings is 1. The van der Waals surface area contributed by atoms with Crippen molar-refractivity contribution >= 4 is 29.5 Å². The maximum atomic E-state index is 13.6. The molecule has 5 atom stereocenters. The Kier molecular flexibility index (Phi) is 6.54. The molecule has 2 fully saturated rings. The van der Waals surface area contributed by atoms with Gasteiger partial charge in [-0.2, -0.15) is 0 Å². The number of carbonyl (C=O) groups excluding carboxylic acids is 3. The fraction of sp³-hybridized carbons (Fsp3) is 0.625. The van der Waals surface area contributed by atoms with Crippen LogP contribution < -0.4 is 16.0 Å². The van der Waals surface area contributed by atoms with E-state index >= 15 is 0 Å². The first-order chi connectivity index (χ1) is 15.2. The molecule has 2 heterocycles. The fourth-order valence-electron chi connectivity index (χ4n) is 5.24. The number of rotatable bonds is 5. The zero-order valence-corrected chi connectivity index (χ0v) is 20.1. The van der Waals surface area contributed by atoms with Crippen molar-refractivity contribution in [1.82, 2.24) is 20.9 Å². The lowest BCUT2D eigenvalue weighted by Gasteiger charge is -2.34. The maximum absolute atomic E-state index is 13.6. The summed E-state index contributed by atoms with van der Waals surface area (Å²) in [5.41, 5.74) is 2.11. The summed E-state index contributed by atoms with van der Waals surface area (Å²) in [5.74, 6) is 0.334. The van der Waals surface area contributed by atoms with Crippen LogP contribution in [0.5, 0.6) is 0 Å². The van der Waals surface area contributed by atoms with Crippen molar-refractivity contribution in [1.29, 1.82) is 0 Å². The zero-order chi connectivity index (χ0) is 23.0. The Labute approximate surface area is 194 Å². The van der Waals surface area contributed by atoms with E-state index in [1.54, 1.807) is 30.6 Å². The van der Waals surface area contributed by atoms with Crippen molar-refractivity contribution in [2.45, 2.75) is 76.0 Å². The minimum Gasteiger partial charge on any atom is -0.347 e. The molecule has 1 aromatic carbocycles. The third-order valence-corrected chi connectivity index (χ3v) is 8.39. The van der Waals surface area contributed by atoms with Gasteiger partial charge in [-0.05, 0) is 61.9 Å². The summed E-state index contributed by atoms with van der Waals surface area (Å²) in [5, 5.41) is 9.02. The van der Waals surface area contributed by atoms with E-state index in [0.717, 1.165) is 25.0 Å². The quantitative estimate of drug-likeness (QED) is 0.628. The SMILES string of the molecule is CN[C@@H](C)C(=O)NC1CCSC2CC(C)(C)[C@@H](C(=O)NC3CCc4ccccc43)N2C1=O. The summed E-state index contributed by atoms with van der Waals surface area (Å²) in [7, 11) is 1.72. The first-order valence-corrected chi connectivity index (χ1v) is 12.6. The number of hydrogen-bond acceptors (Lipinski definition) is 5. The summed E-state index contributed by atoms with van der Waals surface area (Å²) in [6.07, 6.45) is 3.17. The van der Waals surface area contributed by atoms with Crippen LogP contribution in [0.25, 0.3) is 0 Å². The van der Waals surface area contributed by atoms with E-state index in [-0.39, 0.29) is 40.6 Å². The molecule has 2 aliphatic heterocycles. The van der Waals surface area contributed by atoms with Crippen molar-refractivity contribution in [3.8, 4) is 0 Å². The van der Waals surface area contributed by atoms with Crippen LogP contribution in [-0.2, 0) is 20.8 Å². The molecule has 0 aromatic heterocycles. The molecule has 3 amide bonds. The van der Waals surface area contributed by atoms with Gasteiger partial charge < -0.3 is 20.9 Å². The molecule has 2 saturated heterocycles. The molecule has 32 heavy (non-hydrogen) atoms. The van der Waals surface area contributed by atoms with Gasteiger partial charge in [-0.25, -0.2) is 0 Å². The normalized spacial score (nSPS) is 29.6. The smallest absolute Gasteiger partial charge is 0.246 e. The first-order valence-electron chi connectivity index (χ1n) is 11.5. The van der Waals surface area contributed by atoms with Crippen LogP contribution in [0.2, 0.25) is 0 Å². The zero-order valence-electron chi connectivity index (χ0n) is 19.3. The van der Waals surface area contributed by atoms with Crippen LogP contribution in [0.4, 0.5) is 0 Å². The second-order valence-electron chi connectivity index (χ2n) is 9.83. The van der Waals surface area contributed by atoms with Crippen molar-refractivity contribution in [3.63, 3.8) is 0 Å². The number of thioether (sulfide) groups is 1. The van der Waals surface area contributed by atoms with E-state index in [4.69, 9.17) is 0 Å². The second kappa shape index (κ2) is 9.06. The van der Waals surface area contributed by atoms with Gasteiger partial charge in [0.2, 0.25) is 17.7 Å². The Bertz CT molecular complexity index is 905. The number of fused-ring (bicyclic) bond motifs is 2. The lowest BCUT2D eigenvalue weighted by molar-refractivity contribution is -0.144. The molecule has 4 rings (SSSR count). The Morgan fingerprint density at radius 2 is 1.91 bits per heavy atom. The van der Waals surface area contributed by atoms with Gasteiger partial charge in [0, 0.05) is 0 Å². The minimum absolute atomic E-state index is 0.0183. The molecule has 0 bridgehead atoms. The molecule has 1 aromatic rings. The number of nitrogens with zero attached hydrogens (tertiary/aromatic N) is 1. The molecule has 3 aliphatic rings. The largest absolute Gasteiger partial charge is 0.347 e. The number of carbonyl (C=O) groups is 3. The highest BCUT2D eigenvalue weighted by Gasteiger charge is 2.54. The number of hydrogen-bond donors (Lipinski definition) is 3. The predicted octanol–water partition coefficient (Wildman–Crippen LogP) is 1.97. The average Bonchev–Trinajstić information content (AvgIpc) is 3.24. The standard InChI is InChI=1S/C24H34N4O3S/c1-14(25-4)21(29)27-18-11-12-32-19-13-24(2,3)20(28(19)23(18)31)22(30)26-17-10-9-15-7-5-6-8-16(15)17/h5-8,14,17-20,25H,9-13H2,1-4H3,(H,26,30)(H,27,29)/t14-,17?,18?,19?,20+/m0/s1. The summed E-state index contributed by atoms with van der Waals surface area (Å²) >= 11 is 1.72. The average molecular weight is 459 g/mol. The fourth-order valence-corrected chi connectivity index (χ4v) is 6.81. The lowest BCUT2D eigenvalue weighted by atomic mass is 9.84. The van der Waals surface area contributed by atoms with Crippen LogP contribution in [0.3, 0.4) is 0 Å². The Hall–Kier alpha value is -2.06. The first kappa shape index (κ1) is 23.1. The highest BCUT2D eigenvalue weighted by atomic mass is 32.2. The highest BCUT2D eigenvalue weighted by molar-refractivity contribution is 7.99. The van der Waals surface area contributed by atoms with Gasteiger partial charge in [-0.1, -0.05) is 38.1 Å². The molecule has 7 nitrogen and oxygen atoms in total. The molecule has 8 heteroatoms. The molecule has 1 aliphatic carbocycles. The third kappa shape index (κ3) is 4.27. The summed E-state index contributed by atoms with van der Waals surface area (Å²) in [6.45, 7) is 5.90. The summed E-state index contributed by atoms with van der Waals surface area (Å²) in [4.78, 5) is 41.4. The summed E-state index contributed by atoms with van der Waals surface area (Å²) < 4.78 is 0. The summed E-state index contributed by atoms with van der Waals surface area (Å²) in [6, 6.07) is 6.67. The molecule has 3 N–H and O–H groups in total. The van der Waals surface area contributed by atoms with Crippen LogP contribution in [-0.4, -0.2) is 58.9 Å². The van der Waals surface area contributed by atoms with Crippen molar-refractivity contribution in [2.75, 3.05) is 12.8 Å². The van der Waals surface area contributed by atoms with Gasteiger partial charge in [0.25, 0.3) is 0 Å². The van der Waals surface area contributed by atoms with Gasteiger partial charge in [-0.15, -0.1) is 11.8 Å². The van der Waals surface area contributed by atoms with Crippen molar-refractivity contribution < 1.29 is 14.4 Å². The van der Waals surface area contributed by atoms with Gasteiger partial charge in [0.05, 0.1) is 17.5 Å². The molecule has 0 saturated carbocycles. The molecular weight excluding hydrogens is 424 g/mol. The molecular formula is C24H34N4O3S. The Morgan fingerprint density at radius 3 is 2.66 bits per heavy atom. The van der Waals surface area contributed by atoms with E-state index in [0.29, 0.717) is 6.42 Å². The van der Waals surface area contributed by atoms with Gasteiger partial charge >= 0.3 is 0 Å². The topological polar surface area (TPSA) is 90.5 Å². The highest BCUT2D eigenvalue weighted by Crippen LogP contribution is 2.46. The van der Waals surface area contributed by atoms with E-state index in [1.165, 1.54) is 11.1 Å². The molecule has 0 spiro atoms. The molecule has 0 radical (unpaired) electrons. The van der Waals surface area contributed by atoms with Crippen molar-refractivity contribution in [3.05, 3.63) is 35.4 Å². The number of nitrogens with one attached hydrogen (secondary N) is 3. The van der Waals surface area contributed by atoms with Gasteiger partial charge in [0.15, 0.2) is 0 Å². The number of aryl methyl sites for hydroxylation is 1. The third-order valence-electron chi connectivity index (χ3n) is 7.14. The molecule has 174 valence electrons. The van der Waals surface area contributed by atoms with E-state index < -0.39 is 12.1 Å². The number of amides is 3. The van der Waals surface area contributed by atoms with E-state index in [1.807, 2.05) is 12.1 Å². The van der Waals surface area contributed by atoms with Crippen molar-refractivity contribution in [2.24, 2.45) is 5.41 Å². The monoisotopic (exact) mass is 458 g/mol. The predicted molar refractivity (Wildman–Crippen MR) is 126 cm³/mol. The Morgan fingerprint density at radius 1 is 1.16 bits per heavy atom. The second-order valence-corrected chi connectivity index (χ2v) is 11.1. The van der Waals surface area contributed by atoms with Gasteiger partial charge in [-0.3, -0.25) is 14.4 Å². The van der Waals surface area contributed by atoms with Crippen LogP contribution >= 0.6 is 11.8 Å². The van der Waals surface area contributed by atoms with Crippen LogP contribution in [0, 0.1) is 5.41 Å². The van der Waals surface area contributed by atoms with Gasteiger partial charge in [0.1, 0.15) is 12.1 Å². The van der Waals surface area contributed by atoms with E-state index in [2.05, 4.69) is 41.9 Å². The van der Waals surface area contributed by atoms with Crippen LogP contribution in [0.1, 0.15) is 57.2 Å². The Balaban J connectivity index is 1.55. The lowest BCUT2D eigenvalue weighted by Crippen LogP contribution is -2.58.